The molecule has 0 heterocycles. The minimum absolute atomic E-state index is 0.0474. The van der Waals surface area contributed by atoms with E-state index in [2.05, 4.69) is 5.32 Å². The van der Waals surface area contributed by atoms with Crippen molar-refractivity contribution in [2.24, 2.45) is 0 Å². The van der Waals surface area contributed by atoms with Gasteiger partial charge >= 0.3 is 0 Å². The molecular weight excluding hydrogens is 314 g/mol. The maximum atomic E-state index is 10.6. The van der Waals surface area contributed by atoms with Gasteiger partial charge in [0.25, 0.3) is 5.69 Å². The minimum Gasteiger partial charge on any atom is -0.497 e. The summed E-state index contributed by atoms with van der Waals surface area (Å²) in [5.41, 5.74) is 1.82. The second kappa shape index (κ2) is 7.55. The number of nitrogens with zero attached hydrogens (tertiary/aromatic N) is 2. The van der Waals surface area contributed by atoms with E-state index in [0.717, 1.165) is 11.3 Å². The summed E-state index contributed by atoms with van der Waals surface area (Å²) >= 11 is 5.35. The Morgan fingerprint density at radius 2 is 2.00 bits per heavy atom. The van der Waals surface area contributed by atoms with Gasteiger partial charge in [-0.1, -0.05) is 12.1 Å². The van der Waals surface area contributed by atoms with Crippen LogP contribution in [0.3, 0.4) is 0 Å². The lowest BCUT2D eigenvalue weighted by molar-refractivity contribution is -0.384. The SMILES string of the molecule is COc1cccc(CN(C)C(=S)Nc2ccc([N+](=O)[O-])cc2)c1. The van der Waals surface area contributed by atoms with Crippen LogP contribution in [-0.2, 0) is 6.54 Å². The highest BCUT2D eigenvalue weighted by Crippen LogP contribution is 2.17. The van der Waals surface area contributed by atoms with E-state index < -0.39 is 4.92 Å². The molecule has 0 unspecified atom stereocenters. The summed E-state index contributed by atoms with van der Waals surface area (Å²) in [7, 11) is 3.50. The number of hydrogen-bond donors (Lipinski definition) is 1. The summed E-state index contributed by atoms with van der Waals surface area (Å²) in [5.74, 6) is 0.796. The third kappa shape index (κ3) is 4.65. The van der Waals surface area contributed by atoms with Crippen molar-refractivity contribution >= 4 is 28.7 Å². The van der Waals surface area contributed by atoms with Crippen molar-refractivity contribution in [2.75, 3.05) is 19.5 Å². The Labute approximate surface area is 139 Å². The molecular formula is C16H17N3O3S. The van der Waals surface area contributed by atoms with E-state index in [4.69, 9.17) is 17.0 Å². The quantitative estimate of drug-likeness (QED) is 0.514. The maximum absolute atomic E-state index is 10.6. The second-order valence-electron chi connectivity index (χ2n) is 4.94. The standard InChI is InChI=1S/C16H17N3O3S/c1-18(11-12-4-3-5-15(10-12)22-2)16(23)17-13-6-8-14(9-7-13)19(20)21/h3-10H,11H2,1-2H3,(H,17,23). The van der Waals surface area contributed by atoms with Gasteiger partial charge in [-0.3, -0.25) is 10.1 Å². The molecule has 0 atom stereocenters. The zero-order valence-corrected chi connectivity index (χ0v) is 13.7. The lowest BCUT2D eigenvalue weighted by Crippen LogP contribution is -2.30. The number of methoxy groups -OCH3 is 1. The van der Waals surface area contributed by atoms with Gasteiger partial charge in [-0.25, -0.2) is 0 Å². The second-order valence-corrected chi connectivity index (χ2v) is 5.33. The Bertz CT molecular complexity index is 704. The summed E-state index contributed by atoms with van der Waals surface area (Å²) in [6.45, 7) is 0.621. The molecule has 120 valence electrons. The molecule has 1 N–H and O–H groups in total. The summed E-state index contributed by atoms with van der Waals surface area (Å²) in [6, 6.07) is 13.9. The van der Waals surface area contributed by atoms with Crippen molar-refractivity contribution in [1.82, 2.24) is 4.90 Å². The Kier molecular flexibility index (Phi) is 5.48. The molecule has 0 aliphatic heterocycles. The van der Waals surface area contributed by atoms with Crippen molar-refractivity contribution in [3.63, 3.8) is 0 Å². The van der Waals surface area contributed by atoms with Crippen LogP contribution in [0.25, 0.3) is 0 Å². The number of nitro benzene ring substituents is 1. The number of nitro groups is 1. The predicted octanol–water partition coefficient (Wildman–Crippen LogP) is 3.43. The first-order valence-electron chi connectivity index (χ1n) is 6.89. The van der Waals surface area contributed by atoms with Gasteiger partial charge < -0.3 is 15.0 Å². The molecule has 0 aromatic heterocycles. The molecule has 0 saturated heterocycles. The number of benzene rings is 2. The lowest BCUT2D eigenvalue weighted by atomic mass is 10.2. The van der Waals surface area contributed by atoms with Crippen LogP contribution in [-0.4, -0.2) is 29.1 Å². The molecule has 0 aliphatic carbocycles. The molecule has 2 aromatic carbocycles. The van der Waals surface area contributed by atoms with Crippen LogP contribution >= 0.6 is 12.2 Å². The van der Waals surface area contributed by atoms with E-state index in [1.807, 2.05) is 36.2 Å². The van der Waals surface area contributed by atoms with Gasteiger partial charge in [0.1, 0.15) is 5.75 Å². The predicted molar refractivity (Wildman–Crippen MR) is 93.8 cm³/mol. The summed E-state index contributed by atoms with van der Waals surface area (Å²) < 4.78 is 5.20. The number of thiocarbonyl (C=S) groups is 1. The van der Waals surface area contributed by atoms with Crippen molar-refractivity contribution < 1.29 is 9.66 Å². The van der Waals surface area contributed by atoms with Gasteiger partial charge in [-0.2, -0.15) is 0 Å². The molecule has 0 radical (unpaired) electrons. The molecule has 0 spiro atoms. The van der Waals surface area contributed by atoms with Crippen molar-refractivity contribution in [1.29, 1.82) is 0 Å². The van der Waals surface area contributed by atoms with Gasteiger partial charge in [0.05, 0.1) is 12.0 Å². The molecule has 23 heavy (non-hydrogen) atoms. The number of hydrogen-bond acceptors (Lipinski definition) is 4. The lowest BCUT2D eigenvalue weighted by Gasteiger charge is -2.21. The van der Waals surface area contributed by atoms with Crippen LogP contribution in [0.2, 0.25) is 0 Å². The fourth-order valence-electron chi connectivity index (χ4n) is 2.00. The Balaban J connectivity index is 1.97. The summed E-state index contributed by atoms with van der Waals surface area (Å²) in [5, 5.41) is 14.2. The molecule has 0 saturated carbocycles. The highest BCUT2D eigenvalue weighted by molar-refractivity contribution is 7.80. The normalized spacial score (nSPS) is 10.0. The van der Waals surface area contributed by atoms with Crippen LogP contribution in [0.1, 0.15) is 5.56 Å². The topological polar surface area (TPSA) is 67.6 Å². The molecule has 0 amide bonds. The van der Waals surface area contributed by atoms with Crippen LogP contribution in [0.15, 0.2) is 48.5 Å². The van der Waals surface area contributed by atoms with Crippen molar-refractivity contribution in [3.05, 3.63) is 64.2 Å². The third-order valence-electron chi connectivity index (χ3n) is 3.23. The Morgan fingerprint density at radius 1 is 1.30 bits per heavy atom. The summed E-state index contributed by atoms with van der Waals surface area (Å²) in [4.78, 5) is 12.1. The van der Waals surface area contributed by atoms with Gasteiger partial charge in [0.15, 0.2) is 5.11 Å². The average molecular weight is 331 g/mol. The zero-order valence-electron chi connectivity index (χ0n) is 12.9. The van der Waals surface area contributed by atoms with Gasteiger partial charge in [0.2, 0.25) is 0 Å². The number of rotatable bonds is 5. The van der Waals surface area contributed by atoms with Crippen LogP contribution in [0, 0.1) is 10.1 Å². The van der Waals surface area contributed by atoms with E-state index in [9.17, 15) is 10.1 Å². The fourth-order valence-corrected chi connectivity index (χ4v) is 2.18. The first-order chi connectivity index (χ1) is 11.0. The van der Waals surface area contributed by atoms with Crippen molar-refractivity contribution in [2.45, 2.75) is 6.54 Å². The Hall–Kier alpha value is -2.67. The molecule has 0 aliphatic rings. The van der Waals surface area contributed by atoms with Crippen LogP contribution in [0.4, 0.5) is 11.4 Å². The average Bonchev–Trinajstić information content (AvgIpc) is 2.55. The van der Waals surface area contributed by atoms with Gasteiger partial charge in [0, 0.05) is 31.4 Å². The molecule has 0 fully saturated rings. The van der Waals surface area contributed by atoms with Crippen LogP contribution < -0.4 is 10.1 Å². The number of nitrogens with one attached hydrogen (secondary N) is 1. The number of ether oxygens (including phenoxy) is 1. The zero-order chi connectivity index (χ0) is 16.8. The minimum atomic E-state index is -0.434. The van der Waals surface area contributed by atoms with E-state index >= 15 is 0 Å². The number of anilines is 1. The van der Waals surface area contributed by atoms with Gasteiger partial charge in [-0.05, 0) is 42.0 Å². The monoisotopic (exact) mass is 331 g/mol. The molecule has 0 bridgehead atoms. The van der Waals surface area contributed by atoms with Crippen molar-refractivity contribution in [3.8, 4) is 5.75 Å². The van der Waals surface area contributed by atoms with E-state index in [1.165, 1.54) is 12.1 Å². The molecule has 6 nitrogen and oxygen atoms in total. The maximum Gasteiger partial charge on any atom is 0.269 e. The summed E-state index contributed by atoms with van der Waals surface area (Å²) in [6.07, 6.45) is 0. The molecule has 2 aromatic rings. The smallest absolute Gasteiger partial charge is 0.269 e. The first-order valence-corrected chi connectivity index (χ1v) is 7.30. The largest absolute Gasteiger partial charge is 0.497 e. The Morgan fingerprint density at radius 3 is 2.61 bits per heavy atom. The van der Waals surface area contributed by atoms with E-state index in [0.29, 0.717) is 17.3 Å². The van der Waals surface area contributed by atoms with E-state index in [1.54, 1.807) is 19.2 Å². The van der Waals surface area contributed by atoms with Gasteiger partial charge in [-0.15, -0.1) is 0 Å². The fraction of sp³-hybridized carbons (Fsp3) is 0.188. The molecule has 7 heteroatoms. The van der Waals surface area contributed by atoms with Crippen LogP contribution in [0.5, 0.6) is 5.75 Å². The highest BCUT2D eigenvalue weighted by Gasteiger charge is 2.08. The third-order valence-corrected chi connectivity index (χ3v) is 3.64. The van der Waals surface area contributed by atoms with E-state index in [-0.39, 0.29) is 5.69 Å². The first kappa shape index (κ1) is 16.7. The molecule has 2 rings (SSSR count). The number of non-ortho nitro benzene ring substituents is 1. The highest BCUT2D eigenvalue weighted by atomic mass is 32.1.